The number of esters is 1. The zero-order valence-corrected chi connectivity index (χ0v) is 9.47. The number of hydrogen-bond acceptors (Lipinski definition) is 3. The van der Waals surface area contributed by atoms with Gasteiger partial charge in [-0.15, -0.1) is 0 Å². The Balaban J connectivity index is 3.24. The first-order chi connectivity index (χ1) is 7.10. The van der Waals surface area contributed by atoms with Gasteiger partial charge in [0.2, 0.25) is 0 Å². The lowest BCUT2D eigenvalue weighted by atomic mass is 10.1. The minimum atomic E-state index is -0.652. The SMILES string of the molecule is CCOC(=O)c1cc(F)cc(C#N)c1Br. The molecule has 0 bridgehead atoms. The molecule has 5 heteroatoms. The van der Waals surface area contributed by atoms with Crippen LogP contribution in [0.2, 0.25) is 0 Å². The Bertz CT molecular complexity index is 440. The second kappa shape index (κ2) is 4.89. The van der Waals surface area contributed by atoms with Crippen LogP contribution >= 0.6 is 15.9 Å². The van der Waals surface area contributed by atoms with Gasteiger partial charge < -0.3 is 4.74 Å². The Kier molecular flexibility index (Phi) is 3.81. The molecule has 0 aliphatic rings. The van der Waals surface area contributed by atoms with E-state index >= 15 is 0 Å². The maximum absolute atomic E-state index is 13.0. The monoisotopic (exact) mass is 271 g/mol. The Morgan fingerprint density at radius 2 is 2.33 bits per heavy atom. The van der Waals surface area contributed by atoms with Crippen LogP contribution in [0.4, 0.5) is 4.39 Å². The normalized spacial score (nSPS) is 9.47. The molecule has 0 aliphatic carbocycles. The fraction of sp³-hybridized carbons (Fsp3) is 0.200. The minimum absolute atomic E-state index is 0.0217. The van der Waals surface area contributed by atoms with E-state index in [-0.39, 0.29) is 22.2 Å². The highest BCUT2D eigenvalue weighted by Gasteiger charge is 2.16. The number of halogens is 2. The van der Waals surface area contributed by atoms with Gasteiger partial charge in [0.1, 0.15) is 11.9 Å². The molecule has 1 rings (SSSR count). The van der Waals surface area contributed by atoms with Gasteiger partial charge in [-0.2, -0.15) is 5.26 Å². The molecule has 0 aromatic heterocycles. The van der Waals surface area contributed by atoms with Crippen LogP contribution < -0.4 is 0 Å². The average Bonchev–Trinajstić information content (AvgIpc) is 2.21. The van der Waals surface area contributed by atoms with E-state index in [0.29, 0.717) is 0 Å². The summed E-state index contributed by atoms with van der Waals surface area (Å²) >= 11 is 3.06. The van der Waals surface area contributed by atoms with Crippen molar-refractivity contribution in [1.82, 2.24) is 0 Å². The van der Waals surface area contributed by atoms with Crippen LogP contribution in [0.3, 0.4) is 0 Å². The molecule has 0 spiro atoms. The van der Waals surface area contributed by atoms with Crippen molar-refractivity contribution < 1.29 is 13.9 Å². The van der Waals surface area contributed by atoms with E-state index in [9.17, 15) is 9.18 Å². The van der Waals surface area contributed by atoms with Gasteiger partial charge >= 0.3 is 5.97 Å². The summed E-state index contributed by atoms with van der Waals surface area (Å²) in [6.07, 6.45) is 0. The number of carbonyl (C=O) groups excluding carboxylic acids is 1. The Labute approximate surface area is 94.6 Å². The standard InChI is InChI=1S/C10H7BrFNO2/c1-2-15-10(14)8-4-7(12)3-6(5-13)9(8)11/h3-4H,2H2,1H3. The van der Waals surface area contributed by atoms with Crippen molar-refractivity contribution in [3.05, 3.63) is 33.5 Å². The number of benzene rings is 1. The van der Waals surface area contributed by atoms with Crippen molar-refractivity contribution in [2.75, 3.05) is 6.61 Å². The topological polar surface area (TPSA) is 50.1 Å². The zero-order chi connectivity index (χ0) is 11.4. The van der Waals surface area contributed by atoms with Gasteiger partial charge in [0.25, 0.3) is 0 Å². The molecule has 78 valence electrons. The Morgan fingerprint density at radius 1 is 1.67 bits per heavy atom. The maximum atomic E-state index is 13.0. The van der Waals surface area contributed by atoms with E-state index in [4.69, 9.17) is 10.00 Å². The number of hydrogen-bond donors (Lipinski definition) is 0. The van der Waals surface area contributed by atoms with Crippen LogP contribution in [-0.4, -0.2) is 12.6 Å². The summed E-state index contributed by atoms with van der Waals surface area (Å²) in [6, 6.07) is 3.86. The van der Waals surface area contributed by atoms with Gasteiger partial charge in [-0.25, -0.2) is 9.18 Å². The highest BCUT2D eigenvalue weighted by molar-refractivity contribution is 9.10. The van der Waals surface area contributed by atoms with E-state index < -0.39 is 11.8 Å². The second-order valence-corrected chi connectivity index (χ2v) is 3.44. The molecule has 0 aliphatic heterocycles. The summed E-state index contributed by atoms with van der Waals surface area (Å²) < 4.78 is 18.0. The number of carbonyl (C=O) groups is 1. The van der Waals surface area contributed by atoms with Gasteiger partial charge in [0.15, 0.2) is 0 Å². The minimum Gasteiger partial charge on any atom is -0.462 e. The molecular weight excluding hydrogens is 265 g/mol. The molecule has 0 fully saturated rings. The van der Waals surface area contributed by atoms with Gasteiger partial charge in [-0.05, 0) is 35.0 Å². The number of nitriles is 1. The van der Waals surface area contributed by atoms with Crippen molar-refractivity contribution in [3.8, 4) is 6.07 Å². The third-order valence-corrected chi connectivity index (χ3v) is 2.51. The van der Waals surface area contributed by atoms with E-state index in [1.807, 2.05) is 0 Å². The first kappa shape index (κ1) is 11.7. The van der Waals surface area contributed by atoms with E-state index in [2.05, 4.69) is 15.9 Å². The lowest BCUT2D eigenvalue weighted by Gasteiger charge is -2.05. The van der Waals surface area contributed by atoms with Gasteiger partial charge in [0, 0.05) is 0 Å². The van der Waals surface area contributed by atoms with E-state index in [0.717, 1.165) is 12.1 Å². The molecule has 1 aromatic rings. The molecule has 0 amide bonds. The molecule has 0 atom stereocenters. The third-order valence-electron chi connectivity index (χ3n) is 1.65. The van der Waals surface area contributed by atoms with E-state index in [1.54, 1.807) is 13.0 Å². The largest absolute Gasteiger partial charge is 0.462 e. The quantitative estimate of drug-likeness (QED) is 0.777. The summed E-state index contributed by atoms with van der Waals surface area (Å²) in [4.78, 5) is 11.4. The van der Waals surface area contributed by atoms with Gasteiger partial charge in [0.05, 0.1) is 22.2 Å². The third kappa shape index (κ3) is 2.54. The van der Waals surface area contributed by atoms with Crippen molar-refractivity contribution in [2.24, 2.45) is 0 Å². The molecule has 0 unspecified atom stereocenters. The van der Waals surface area contributed by atoms with Crippen molar-refractivity contribution in [2.45, 2.75) is 6.92 Å². The fourth-order valence-corrected chi connectivity index (χ4v) is 1.51. The second-order valence-electron chi connectivity index (χ2n) is 2.65. The average molecular weight is 272 g/mol. The predicted molar refractivity (Wildman–Crippen MR) is 54.8 cm³/mol. The lowest BCUT2D eigenvalue weighted by molar-refractivity contribution is 0.0524. The number of rotatable bonds is 2. The maximum Gasteiger partial charge on any atom is 0.339 e. The summed E-state index contributed by atoms with van der Waals surface area (Å²) in [5.74, 6) is -1.29. The molecule has 0 heterocycles. The van der Waals surface area contributed by atoms with Crippen LogP contribution in [0.1, 0.15) is 22.8 Å². The van der Waals surface area contributed by atoms with Crippen LogP contribution in [0, 0.1) is 17.1 Å². The Hall–Kier alpha value is -1.41. The summed E-state index contributed by atoms with van der Waals surface area (Å²) in [5.41, 5.74) is 0.0893. The number of ether oxygens (including phenoxy) is 1. The number of nitrogens with zero attached hydrogens (tertiary/aromatic N) is 1. The molecule has 0 saturated carbocycles. The molecule has 1 aromatic carbocycles. The summed E-state index contributed by atoms with van der Waals surface area (Å²) in [6.45, 7) is 1.85. The Morgan fingerprint density at radius 3 is 2.87 bits per heavy atom. The molecule has 0 radical (unpaired) electrons. The van der Waals surface area contributed by atoms with Crippen molar-refractivity contribution in [1.29, 1.82) is 5.26 Å². The first-order valence-corrected chi connectivity index (χ1v) is 4.95. The molecule has 15 heavy (non-hydrogen) atoms. The highest BCUT2D eigenvalue weighted by atomic mass is 79.9. The van der Waals surface area contributed by atoms with Gasteiger partial charge in [-0.1, -0.05) is 0 Å². The molecule has 0 N–H and O–H groups in total. The lowest BCUT2D eigenvalue weighted by Crippen LogP contribution is -2.07. The van der Waals surface area contributed by atoms with E-state index in [1.165, 1.54) is 0 Å². The van der Waals surface area contributed by atoms with Crippen molar-refractivity contribution >= 4 is 21.9 Å². The molecule has 0 saturated heterocycles. The van der Waals surface area contributed by atoms with Crippen LogP contribution in [0.5, 0.6) is 0 Å². The highest BCUT2D eigenvalue weighted by Crippen LogP contribution is 2.23. The first-order valence-electron chi connectivity index (χ1n) is 4.16. The van der Waals surface area contributed by atoms with Crippen LogP contribution in [0.15, 0.2) is 16.6 Å². The van der Waals surface area contributed by atoms with Crippen LogP contribution in [-0.2, 0) is 4.74 Å². The predicted octanol–water partition coefficient (Wildman–Crippen LogP) is 2.64. The van der Waals surface area contributed by atoms with Crippen molar-refractivity contribution in [3.63, 3.8) is 0 Å². The van der Waals surface area contributed by atoms with Crippen LogP contribution in [0.25, 0.3) is 0 Å². The van der Waals surface area contributed by atoms with Gasteiger partial charge in [-0.3, -0.25) is 0 Å². The zero-order valence-electron chi connectivity index (χ0n) is 7.88. The molecular formula is C10H7BrFNO2. The smallest absolute Gasteiger partial charge is 0.339 e. The molecule has 3 nitrogen and oxygen atoms in total. The fourth-order valence-electron chi connectivity index (χ4n) is 1.03. The summed E-state index contributed by atoms with van der Waals surface area (Å²) in [5, 5.41) is 8.68. The summed E-state index contributed by atoms with van der Waals surface area (Å²) in [7, 11) is 0.